The minimum atomic E-state index is -0.928. The Labute approximate surface area is 86.0 Å². The molecular weight excluding hydrogens is 184 g/mol. The van der Waals surface area contributed by atoms with Gasteiger partial charge in [0.05, 0.1) is 21.1 Å². The number of nitrogens with zero attached hydrogens (tertiary/aromatic N) is 1. The van der Waals surface area contributed by atoms with E-state index in [1.54, 1.807) is 6.92 Å². The maximum absolute atomic E-state index is 9.81. The second-order valence-electron chi connectivity index (χ2n) is 3.66. The van der Waals surface area contributed by atoms with Crippen molar-refractivity contribution in [3.63, 3.8) is 0 Å². The fourth-order valence-electron chi connectivity index (χ4n) is 0.562. The third-order valence-electron chi connectivity index (χ3n) is 1.27. The molecule has 0 heterocycles. The third-order valence-corrected chi connectivity index (χ3v) is 1.27. The third kappa shape index (κ3) is 13.9. The molecule has 0 aromatic heterocycles. The van der Waals surface area contributed by atoms with Gasteiger partial charge in [0.25, 0.3) is 0 Å². The monoisotopic (exact) mass is 207 g/mol. The lowest BCUT2D eigenvalue weighted by molar-refractivity contribution is -1.06. The van der Waals surface area contributed by atoms with Crippen molar-refractivity contribution < 1.29 is 19.4 Å². The molecule has 5 heteroatoms. The summed E-state index contributed by atoms with van der Waals surface area (Å²) in [7, 11) is 5.97. The number of quaternary nitrogens is 1. The van der Waals surface area contributed by atoms with E-state index in [1.165, 1.54) is 0 Å². The van der Waals surface area contributed by atoms with Crippen LogP contribution in [-0.4, -0.2) is 49.5 Å². The molecule has 0 spiro atoms. The minimum absolute atomic E-state index is 0.495. The molecule has 0 aromatic rings. The number of carbonyl (C=O) groups is 1. The maximum atomic E-state index is 9.81. The van der Waals surface area contributed by atoms with Crippen molar-refractivity contribution in [1.82, 2.24) is 0 Å². The van der Waals surface area contributed by atoms with Crippen LogP contribution in [0, 0.1) is 0 Å². The highest BCUT2D eigenvalue weighted by molar-refractivity contribution is 5.72. The summed E-state index contributed by atoms with van der Waals surface area (Å²) in [5.41, 5.74) is 5.02. The van der Waals surface area contributed by atoms with Crippen LogP contribution in [0.2, 0.25) is 0 Å². The van der Waals surface area contributed by atoms with E-state index in [4.69, 9.17) is 15.7 Å². The van der Waals surface area contributed by atoms with Crippen molar-refractivity contribution in [1.29, 1.82) is 0 Å². The summed E-state index contributed by atoms with van der Waals surface area (Å²) < 4.78 is 0.594. The first-order valence-corrected chi connectivity index (χ1v) is 4.69. The second-order valence-corrected chi connectivity index (χ2v) is 3.66. The molecule has 14 heavy (non-hydrogen) atoms. The van der Waals surface area contributed by atoms with Crippen LogP contribution >= 0.6 is 0 Å². The van der Waals surface area contributed by atoms with E-state index in [9.17, 15) is 4.79 Å². The molecule has 0 fully saturated rings. The van der Waals surface area contributed by atoms with Gasteiger partial charge in [-0.2, -0.15) is 4.65 Å². The largest absolute Gasteiger partial charge is 0.480 e. The summed E-state index contributed by atoms with van der Waals surface area (Å²) in [6.45, 7) is 4.51. The number of hydrogen-bond acceptors (Lipinski definition) is 3. The molecule has 0 bridgehead atoms. The van der Waals surface area contributed by atoms with E-state index in [0.717, 1.165) is 6.61 Å². The highest BCUT2D eigenvalue weighted by Gasteiger charge is 2.05. The summed E-state index contributed by atoms with van der Waals surface area (Å²) >= 11 is 0. The summed E-state index contributed by atoms with van der Waals surface area (Å²) in [5.74, 6) is -0.928. The van der Waals surface area contributed by atoms with Crippen LogP contribution in [0.25, 0.3) is 0 Å². The molecule has 1 unspecified atom stereocenters. The molecule has 1 atom stereocenters. The number of hydroxylamine groups is 3. The van der Waals surface area contributed by atoms with Crippen molar-refractivity contribution in [3.8, 4) is 0 Å². The first-order chi connectivity index (χ1) is 6.24. The Hall–Kier alpha value is -0.650. The predicted octanol–water partition coefficient (Wildman–Crippen LogP) is 0.452. The Balaban J connectivity index is 0. The molecule has 0 aliphatic rings. The summed E-state index contributed by atoms with van der Waals surface area (Å²) in [6.07, 6.45) is 0.495. The van der Waals surface area contributed by atoms with E-state index in [0.29, 0.717) is 11.1 Å². The SMILES string of the molecule is CCC(N)C(=O)O.CCO[N+](C)(C)C. The van der Waals surface area contributed by atoms with Crippen molar-refractivity contribution >= 4 is 5.97 Å². The molecule has 0 aliphatic heterocycles. The zero-order valence-corrected chi connectivity index (χ0v) is 9.78. The predicted molar refractivity (Wildman–Crippen MR) is 55.6 cm³/mol. The average Bonchev–Trinajstić information content (AvgIpc) is 2.01. The van der Waals surface area contributed by atoms with Gasteiger partial charge in [0, 0.05) is 0 Å². The van der Waals surface area contributed by atoms with Crippen LogP contribution < -0.4 is 5.73 Å². The van der Waals surface area contributed by atoms with Gasteiger partial charge in [-0.15, -0.1) is 0 Å². The Morgan fingerprint density at radius 3 is 1.86 bits per heavy atom. The number of nitrogens with two attached hydrogens (primary N) is 1. The number of rotatable bonds is 4. The highest BCUT2D eigenvalue weighted by Crippen LogP contribution is 1.88. The smallest absolute Gasteiger partial charge is 0.320 e. The van der Waals surface area contributed by atoms with Crippen LogP contribution in [0.4, 0.5) is 0 Å². The van der Waals surface area contributed by atoms with Gasteiger partial charge in [0.1, 0.15) is 12.6 Å². The van der Waals surface area contributed by atoms with Gasteiger partial charge in [0.15, 0.2) is 0 Å². The zero-order chi connectivity index (χ0) is 11.8. The lowest BCUT2D eigenvalue weighted by Gasteiger charge is -2.19. The topological polar surface area (TPSA) is 72.6 Å². The van der Waals surface area contributed by atoms with Crippen LogP contribution in [0.3, 0.4) is 0 Å². The molecule has 0 saturated heterocycles. The molecule has 0 saturated carbocycles. The number of aliphatic carboxylic acids is 1. The first kappa shape index (κ1) is 15.8. The van der Waals surface area contributed by atoms with Gasteiger partial charge in [-0.05, 0) is 13.3 Å². The van der Waals surface area contributed by atoms with E-state index >= 15 is 0 Å². The zero-order valence-electron chi connectivity index (χ0n) is 9.78. The van der Waals surface area contributed by atoms with Gasteiger partial charge < -0.3 is 10.8 Å². The van der Waals surface area contributed by atoms with Gasteiger partial charge >= 0.3 is 5.97 Å². The van der Waals surface area contributed by atoms with Crippen molar-refractivity contribution in [3.05, 3.63) is 0 Å². The number of hydrogen-bond donors (Lipinski definition) is 2. The second kappa shape index (κ2) is 7.73. The van der Waals surface area contributed by atoms with E-state index < -0.39 is 12.0 Å². The van der Waals surface area contributed by atoms with E-state index in [2.05, 4.69) is 0 Å². The molecule has 86 valence electrons. The van der Waals surface area contributed by atoms with Gasteiger partial charge in [-0.25, -0.2) is 4.84 Å². The molecule has 0 amide bonds. The Morgan fingerprint density at radius 2 is 1.86 bits per heavy atom. The van der Waals surface area contributed by atoms with Crippen molar-refractivity contribution in [2.24, 2.45) is 5.73 Å². The Morgan fingerprint density at radius 1 is 1.43 bits per heavy atom. The highest BCUT2D eigenvalue weighted by atomic mass is 16.7. The minimum Gasteiger partial charge on any atom is -0.480 e. The normalized spacial score (nSPS) is 12.7. The van der Waals surface area contributed by atoms with Gasteiger partial charge in [-0.1, -0.05) is 6.92 Å². The molecule has 3 N–H and O–H groups in total. The summed E-state index contributed by atoms with van der Waals surface area (Å²) in [4.78, 5) is 15.0. The molecule has 0 radical (unpaired) electrons. The fourth-order valence-corrected chi connectivity index (χ4v) is 0.562. The lowest BCUT2D eigenvalue weighted by Crippen LogP contribution is -2.34. The average molecular weight is 207 g/mol. The fraction of sp³-hybridized carbons (Fsp3) is 0.889. The molecular formula is C9H23N2O3+. The van der Waals surface area contributed by atoms with Crippen molar-refractivity contribution in [2.45, 2.75) is 26.3 Å². The Bertz CT molecular complexity index is 155. The van der Waals surface area contributed by atoms with Gasteiger partial charge in [-0.3, -0.25) is 4.79 Å². The molecule has 5 nitrogen and oxygen atoms in total. The van der Waals surface area contributed by atoms with Crippen molar-refractivity contribution in [2.75, 3.05) is 27.7 Å². The molecule has 0 aliphatic carbocycles. The Kier molecular flexibility index (Phi) is 8.72. The summed E-state index contributed by atoms with van der Waals surface area (Å²) in [5, 5.41) is 8.06. The van der Waals surface area contributed by atoms with E-state index in [-0.39, 0.29) is 0 Å². The number of carboxylic acid groups (broad SMARTS) is 1. The maximum Gasteiger partial charge on any atom is 0.320 e. The quantitative estimate of drug-likeness (QED) is 0.518. The molecule has 0 aromatic carbocycles. The molecule has 0 rings (SSSR count). The standard InChI is InChI=1S/C5H14NO.C4H9NO2/c1-5-7-6(2,3)4;1-2-3(5)4(6)7/h5H2,1-4H3;3H,2,5H2,1H3,(H,6,7)/q+1;. The van der Waals surface area contributed by atoms with E-state index in [1.807, 2.05) is 28.1 Å². The van der Waals surface area contributed by atoms with Crippen LogP contribution in [-0.2, 0) is 9.63 Å². The van der Waals surface area contributed by atoms with Crippen LogP contribution in [0.5, 0.6) is 0 Å². The number of carboxylic acids is 1. The summed E-state index contributed by atoms with van der Waals surface area (Å²) in [6, 6.07) is -0.681. The van der Waals surface area contributed by atoms with Gasteiger partial charge in [0.2, 0.25) is 0 Å². The first-order valence-electron chi connectivity index (χ1n) is 4.69. The lowest BCUT2D eigenvalue weighted by atomic mass is 10.2. The van der Waals surface area contributed by atoms with Crippen LogP contribution in [0.1, 0.15) is 20.3 Å². The van der Waals surface area contributed by atoms with Crippen LogP contribution in [0.15, 0.2) is 0 Å².